The molecular formula is C24H30N2O. The Morgan fingerprint density at radius 1 is 1.07 bits per heavy atom. The predicted molar refractivity (Wildman–Crippen MR) is 118 cm³/mol. The summed E-state index contributed by atoms with van der Waals surface area (Å²) in [4.78, 5) is 6.77. The molecule has 0 unspecified atom stereocenters. The molecule has 0 radical (unpaired) electrons. The Bertz CT molecular complexity index is 834. The van der Waals surface area contributed by atoms with Crippen LogP contribution in [-0.2, 0) is 5.41 Å². The molecule has 1 N–H and O–H groups in total. The number of aryl methyl sites for hydroxylation is 1. The third-order valence-corrected chi connectivity index (χ3v) is 4.34. The van der Waals surface area contributed by atoms with E-state index in [4.69, 9.17) is 0 Å². The van der Waals surface area contributed by atoms with Crippen molar-refractivity contribution >= 4 is 17.6 Å². The van der Waals surface area contributed by atoms with Crippen LogP contribution >= 0.6 is 0 Å². The Morgan fingerprint density at radius 3 is 2.33 bits per heavy atom. The van der Waals surface area contributed by atoms with E-state index in [2.05, 4.69) is 43.8 Å². The van der Waals surface area contributed by atoms with E-state index in [0.29, 0.717) is 5.75 Å². The van der Waals surface area contributed by atoms with Crippen LogP contribution in [0.1, 0.15) is 37.5 Å². The van der Waals surface area contributed by atoms with E-state index in [1.54, 1.807) is 6.21 Å². The van der Waals surface area contributed by atoms with Crippen LogP contribution in [-0.4, -0.2) is 24.4 Å². The average Bonchev–Trinajstić information content (AvgIpc) is 2.61. The average molecular weight is 363 g/mol. The van der Waals surface area contributed by atoms with Crippen molar-refractivity contribution in [1.29, 1.82) is 0 Å². The fourth-order valence-electron chi connectivity index (χ4n) is 2.99. The van der Waals surface area contributed by atoms with Gasteiger partial charge in [0.15, 0.2) is 0 Å². The van der Waals surface area contributed by atoms with E-state index in [-0.39, 0.29) is 5.41 Å². The van der Waals surface area contributed by atoms with Crippen molar-refractivity contribution in [3.05, 3.63) is 78.4 Å². The number of hydrogen-bond acceptors (Lipinski definition) is 3. The number of aromatic hydroxyl groups is 1. The first-order chi connectivity index (χ1) is 12.8. The summed E-state index contributed by atoms with van der Waals surface area (Å²) in [6, 6.07) is 12.0. The van der Waals surface area contributed by atoms with Gasteiger partial charge in [-0.3, -0.25) is 4.99 Å². The Hall–Kier alpha value is -2.81. The number of hydrogen-bond donors (Lipinski definition) is 1. The van der Waals surface area contributed by atoms with Gasteiger partial charge >= 0.3 is 0 Å². The summed E-state index contributed by atoms with van der Waals surface area (Å²) in [7, 11) is 0. The van der Waals surface area contributed by atoms with Crippen LogP contribution in [0, 0.1) is 6.92 Å². The molecule has 142 valence electrons. The van der Waals surface area contributed by atoms with Crippen LogP contribution in [0.25, 0.3) is 0 Å². The van der Waals surface area contributed by atoms with Crippen molar-refractivity contribution < 1.29 is 5.11 Å². The molecule has 0 amide bonds. The van der Waals surface area contributed by atoms with E-state index in [9.17, 15) is 5.11 Å². The monoisotopic (exact) mass is 362 g/mol. The second kappa shape index (κ2) is 8.72. The maximum Gasteiger partial charge on any atom is 0.128 e. The van der Waals surface area contributed by atoms with Gasteiger partial charge in [0.2, 0.25) is 0 Å². The largest absolute Gasteiger partial charge is 0.507 e. The van der Waals surface area contributed by atoms with Crippen LogP contribution in [0.15, 0.2) is 66.7 Å². The highest BCUT2D eigenvalue weighted by Crippen LogP contribution is 2.34. The van der Waals surface area contributed by atoms with Crippen molar-refractivity contribution in [3.63, 3.8) is 0 Å². The summed E-state index contributed by atoms with van der Waals surface area (Å²) in [6.45, 7) is 17.5. The molecular weight excluding hydrogens is 332 g/mol. The van der Waals surface area contributed by atoms with Gasteiger partial charge in [0.05, 0.1) is 5.69 Å². The minimum Gasteiger partial charge on any atom is -0.507 e. The van der Waals surface area contributed by atoms with Gasteiger partial charge in [0, 0.05) is 36.1 Å². The van der Waals surface area contributed by atoms with E-state index in [1.807, 2.05) is 55.5 Å². The minimum absolute atomic E-state index is 0.130. The molecule has 27 heavy (non-hydrogen) atoms. The first-order valence-corrected chi connectivity index (χ1v) is 9.21. The van der Waals surface area contributed by atoms with Crippen molar-refractivity contribution in [3.8, 4) is 5.75 Å². The van der Waals surface area contributed by atoms with Crippen LogP contribution in [0.2, 0.25) is 0 Å². The number of nitrogens with zero attached hydrogens (tertiary/aromatic N) is 2. The van der Waals surface area contributed by atoms with E-state index in [1.165, 1.54) is 0 Å². The first kappa shape index (κ1) is 20.5. The number of phenolic OH excluding ortho intramolecular Hbond substituents is 1. The molecule has 0 aromatic heterocycles. The second-order valence-corrected chi connectivity index (χ2v) is 7.76. The molecule has 0 fully saturated rings. The van der Waals surface area contributed by atoms with E-state index in [0.717, 1.165) is 41.2 Å². The molecule has 0 aliphatic heterocycles. The highest BCUT2D eigenvalue weighted by atomic mass is 16.3. The third-order valence-electron chi connectivity index (χ3n) is 4.34. The number of rotatable bonds is 7. The molecule has 2 aromatic rings. The number of phenols is 1. The van der Waals surface area contributed by atoms with Crippen molar-refractivity contribution in [2.75, 3.05) is 18.0 Å². The predicted octanol–water partition coefficient (Wildman–Crippen LogP) is 5.93. The minimum atomic E-state index is -0.130. The number of anilines is 1. The molecule has 0 aliphatic rings. The quantitative estimate of drug-likeness (QED) is 0.490. The zero-order valence-corrected chi connectivity index (χ0v) is 16.9. The summed E-state index contributed by atoms with van der Waals surface area (Å²) in [5.41, 5.74) is 4.54. The van der Waals surface area contributed by atoms with Gasteiger partial charge in [-0.2, -0.15) is 0 Å². The molecule has 0 atom stereocenters. The number of benzene rings is 2. The van der Waals surface area contributed by atoms with E-state index < -0.39 is 0 Å². The fraction of sp³-hybridized carbons (Fsp3) is 0.292. The lowest BCUT2D eigenvalue weighted by molar-refractivity contribution is 0.445. The lowest BCUT2D eigenvalue weighted by atomic mass is 9.84. The number of aliphatic imine (C=N–C) groups is 1. The molecule has 0 saturated carbocycles. The smallest absolute Gasteiger partial charge is 0.128 e. The molecule has 0 spiro atoms. The molecule has 2 rings (SSSR count). The Balaban J connectivity index is 2.36. The van der Waals surface area contributed by atoms with Gasteiger partial charge in [-0.15, -0.1) is 13.2 Å². The zero-order chi connectivity index (χ0) is 20.0. The molecule has 2 aromatic carbocycles. The molecule has 0 heterocycles. The second-order valence-electron chi connectivity index (χ2n) is 7.76. The van der Waals surface area contributed by atoms with Crippen molar-refractivity contribution in [2.24, 2.45) is 4.99 Å². The van der Waals surface area contributed by atoms with Gasteiger partial charge in [-0.25, -0.2) is 0 Å². The highest BCUT2D eigenvalue weighted by molar-refractivity contribution is 5.86. The molecule has 0 bridgehead atoms. The molecule has 3 heteroatoms. The van der Waals surface area contributed by atoms with E-state index >= 15 is 0 Å². The standard InChI is InChI=1S/C24H30N2O/c1-7-12-26(13-8-2)21-11-9-10-20(16-21)25-17-19-14-18(3)15-22(23(19)27)24(4,5)6/h7-11,14-17,27H,1-2,12-13H2,3-6H3. The van der Waals surface area contributed by atoms with Gasteiger partial charge < -0.3 is 10.0 Å². The summed E-state index contributed by atoms with van der Waals surface area (Å²) in [5.74, 6) is 0.299. The zero-order valence-electron chi connectivity index (χ0n) is 16.9. The topological polar surface area (TPSA) is 35.8 Å². The van der Waals surface area contributed by atoms with Gasteiger partial charge in [-0.05, 0) is 42.2 Å². The van der Waals surface area contributed by atoms with Crippen LogP contribution in [0.5, 0.6) is 5.75 Å². The van der Waals surface area contributed by atoms with Crippen molar-refractivity contribution in [2.45, 2.75) is 33.1 Å². The molecule has 0 aliphatic carbocycles. The summed E-state index contributed by atoms with van der Waals surface area (Å²) in [5, 5.41) is 10.7. The van der Waals surface area contributed by atoms with Gasteiger partial charge in [-0.1, -0.05) is 45.1 Å². The van der Waals surface area contributed by atoms with Gasteiger partial charge in [0.1, 0.15) is 5.75 Å². The summed E-state index contributed by atoms with van der Waals surface area (Å²) in [6.07, 6.45) is 5.48. The first-order valence-electron chi connectivity index (χ1n) is 9.21. The maximum absolute atomic E-state index is 10.7. The van der Waals surface area contributed by atoms with Gasteiger partial charge in [0.25, 0.3) is 0 Å². The summed E-state index contributed by atoms with van der Waals surface area (Å²) >= 11 is 0. The Kier molecular flexibility index (Phi) is 6.62. The molecule has 0 saturated heterocycles. The third kappa shape index (κ3) is 5.33. The van der Waals surface area contributed by atoms with Crippen LogP contribution in [0.3, 0.4) is 0 Å². The lowest BCUT2D eigenvalue weighted by Crippen LogP contribution is -2.22. The fourth-order valence-corrected chi connectivity index (χ4v) is 2.99. The van der Waals surface area contributed by atoms with Crippen molar-refractivity contribution in [1.82, 2.24) is 0 Å². The van der Waals surface area contributed by atoms with Crippen LogP contribution in [0.4, 0.5) is 11.4 Å². The van der Waals surface area contributed by atoms with Crippen LogP contribution < -0.4 is 4.90 Å². The lowest BCUT2D eigenvalue weighted by Gasteiger charge is -2.22. The normalized spacial score (nSPS) is 11.6. The summed E-state index contributed by atoms with van der Waals surface area (Å²) < 4.78 is 0. The maximum atomic E-state index is 10.7. The highest BCUT2D eigenvalue weighted by Gasteiger charge is 2.20. The Morgan fingerprint density at radius 2 is 1.74 bits per heavy atom. The molecule has 3 nitrogen and oxygen atoms in total. The Labute approximate surface area is 163 Å². The SMILES string of the molecule is C=CCN(CC=C)c1cccc(N=Cc2cc(C)cc(C(C)(C)C)c2O)c1.